The van der Waals surface area contributed by atoms with Gasteiger partial charge in [0, 0.05) is 113 Å². The average Bonchev–Trinajstić information content (AvgIpc) is 3.56. The lowest BCUT2D eigenvalue weighted by molar-refractivity contribution is -0.138. The summed E-state index contributed by atoms with van der Waals surface area (Å²) in [5.74, 6) is 0.165. The molecule has 1 unspecified atom stereocenters. The van der Waals surface area contributed by atoms with Crippen LogP contribution in [0.5, 0.6) is 5.75 Å². The van der Waals surface area contributed by atoms with E-state index in [2.05, 4.69) is 55.2 Å². The molecule has 0 bridgehead atoms. The molecule has 8 rings (SSSR count). The minimum Gasteiger partial charge on any atom is -0.496 e. The van der Waals surface area contributed by atoms with Gasteiger partial charge in [-0.15, -0.1) is 0 Å². The highest BCUT2D eigenvalue weighted by molar-refractivity contribution is 6.06. The predicted molar refractivity (Wildman–Crippen MR) is 214 cm³/mol. The van der Waals surface area contributed by atoms with Crippen molar-refractivity contribution in [3.63, 3.8) is 0 Å². The zero-order valence-electron chi connectivity index (χ0n) is 32.9. The van der Waals surface area contributed by atoms with Gasteiger partial charge in [0.05, 0.1) is 29.9 Å². The number of anilines is 4. The summed E-state index contributed by atoms with van der Waals surface area (Å²) in [6.45, 7) is 10.9. The van der Waals surface area contributed by atoms with E-state index in [9.17, 15) is 32.8 Å². The van der Waals surface area contributed by atoms with Crippen LogP contribution in [0.25, 0.3) is 0 Å². The second-order valence-corrected chi connectivity index (χ2v) is 16.1. The number of ether oxygens (including phenoxy) is 1. The third-order valence-electron chi connectivity index (χ3n) is 12.6. The molecule has 3 aromatic rings. The quantitative estimate of drug-likeness (QED) is 0.309. The summed E-state index contributed by atoms with van der Waals surface area (Å²) in [5, 5.41) is 11.5. The molecular formula is C43H49F3N8O4. The van der Waals surface area contributed by atoms with Crippen molar-refractivity contribution in [3.8, 4) is 11.8 Å². The number of alkyl halides is 3. The van der Waals surface area contributed by atoms with Crippen LogP contribution in [0.4, 0.5) is 35.9 Å². The van der Waals surface area contributed by atoms with Crippen LogP contribution in [-0.2, 0) is 22.3 Å². The third kappa shape index (κ3) is 7.86. The number of hydrogen-bond donors (Lipinski definition) is 1. The van der Waals surface area contributed by atoms with Crippen molar-refractivity contribution in [1.29, 1.82) is 5.26 Å². The van der Waals surface area contributed by atoms with Gasteiger partial charge in [0.1, 0.15) is 11.8 Å². The zero-order chi connectivity index (χ0) is 40.7. The summed E-state index contributed by atoms with van der Waals surface area (Å²) in [6.07, 6.45) is -1.81. The number of piperidine rings is 2. The van der Waals surface area contributed by atoms with Crippen LogP contribution in [0.15, 0.2) is 54.6 Å². The maximum absolute atomic E-state index is 13.6. The van der Waals surface area contributed by atoms with Gasteiger partial charge in [-0.3, -0.25) is 24.6 Å². The van der Waals surface area contributed by atoms with E-state index < -0.39 is 23.7 Å². The van der Waals surface area contributed by atoms with E-state index in [1.807, 2.05) is 17.9 Å². The second-order valence-electron chi connectivity index (χ2n) is 16.1. The van der Waals surface area contributed by atoms with Crippen LogP contribution >= 0.6 is 0 Å². The summed E-state index contributed by atoms with van der Waals surface area (Å²) in [5.41, 5.74) is 3.88. The average molecular weight is 799 g/mol. The van der Waals surface area contributed by atoms with Gasteiger partial charge in [-0.2, -0.15) is 18.4 Å². The number of fused-ring (bicyclic) bond motifs is 1. The molecule has 306 valence electrons. The molecular weight excluding hydrogens is 750 g/mol. The molecule has 4 saturated heterocycles. The van der Waals surface area contributed by atoms with E-state index in [0.717, 1.165) is 81.7 Å². The molecule has 0 saturated carbocycles. The summed E-state index contributed by atoms with van der Waals surface area (Å²) in [7, 11) is 1.56. The Balaban J connectivity index is 0.801. The van der Waals surface area contributed by atoms with Crippen LogP contribution in [0.3, 0.4) is 0 Å². The molecule has 1 N–H and O–H groups in total. The number of carbonyl (C=O) groups excluding carboxylic acids is 3. The fraction of sp³-hybridized carbons (Fsp3) is 0.488. The molecule has 0 radical (unpaired) electrons. The Bertz CT molecular complexity index is 2090. The Morgan fingerprint density at radius 1 is 0.793 bits per heavy atom. The summed E-state index contributed by atoms with van der Waals surface area (Å²) in [6, 6.07) is 17.6. The molecule has 2 atom stereocenters. The van der Waals surface area contributed by atoms with Crippen LogP contribution in [0.1, 0.15) is 59.7 Å². The number of nitrogens with zero attached hydrogens (tertiary/aromatic N) is 7. The van der Waals surface area contributed by atoms with E-state index >= 15 is 0 Å². The van der Waals surface area contributed by atoms with E-state index in [-0.39, 0.29) is 29.8 Å². The van der Waals surface area contributed by atoms with Crippen LogP contribution in [-0.4, -0.2) is 112 Å². The van der Waals surface area contributed by atoms with Gasteiger partial charge < -0.3 is 29.2 Å². The first-order chi connectivity index (χ1) is 27.9. The smallest absolute Gasteiger partial charge is 0.417 e. The normalized spacial score (nSPS) is 22.3. The van der Waals surface area contributed by atoms with Gasteiger partial charge in [-0.25, -0.2) is 0 Å². The topological polar surface area (TPSA) is 116 Å². The predicted octanol–water partition coefficient (Wildman–Crippen LogP) is 5.10. The number of nitrogens with one attached hydrogen (secondary N) is 1. The molecule has 58 heavy (non-hydrogen) atoms. The first kappa shape index (κ1) is 39.3. The minimum absolute atomic E-state index is 0.0149. The molecule has 0 aromatic heterocycles. The van der Waals surface area contributed by atoms with Crippen molar-refractivity contribution in [1.82, 2.24) is 15.1 Å². The number of piperazine rings is 2. The number of amides is 3. The van der Waals surface area contributed by atoms with Crippen molar-refractivity contribution < 1.29 is 32.3 Å². The molecule has 0 aliphatic carbocycles. The maximum atomic E-state index is 13.6. The zero-order valence-corrected chi connectivity index (χ0v) is 32.9. The summed E-state index contributed by atoms with van der Waals surface area (Å²) >= 11 is 0. The van der Waals surface area contributed by atoms with E-state index in [0.29, 0.717) is 55.5 Å². The van der Waals surface area contributed by atoms with Crippen molar-refractivity contribution >= 4 is 40.5 Å². The van der Waals surface area contributed by atoms with Gasteiger partial charge in [-0.05, 0) is 86.2 Å². The van der Waals surface area contributed by atoms with Gasteiger partial charge in [0.2, 0.25) is 11.8 Å². The number of methoxy groups -OCH3 is 1. The molecule has 4 fully saturated rings. The van der Waals surface area contributed by atoms with E-state index in [1.165, 1.54) is 11.8 Å². The SMILES string of the molecule is COc1cc(N2CCN(CC3CCN(c4ccc(N5CCN(c6ccc(C#N)c(C(F)(F)F)c6)[C@H](C)C5)cc4)CC3)CC2)cc2c1C(=O)N(C1CCC(=O)NC1=O)C2. The van der Waals surface area contributed by atoms with Crippen LogP contribution < -0.4 is 29.7 Å². The van der Waals surface area contributed by atoms with Gasteiger partial charge in [0.25, 0.3) is 5.91 Å². The fourth-order valence-corrected chi connectivity index (χ4v) is 9.42. The Labute approximate surface area is 336 Å². The monoisotopic (exact) mass is 798 g/mol. The lowest BCUT2D eigenvalue weighted by Crippen LogP contribution is -2.52. The number of halogens is 3. The molecule has 12 nitrogen and oxygen atoms in total. The van der Waals surface area contributed by atoms with E-state index in [4.69, 9.17) is 4.74 Å². The molecule has 15 heteroatoms. The lowest BCUT2D eigenvalue weighted by Gasteiger charge is -2.42. The number of benzene rings is 3. The van der Waals surface area contributed by atoms with Gasteiger partial charge in [0.15, 0.2) is 0 Å². The molecule has 3 aromatic carbocycles. The van der Waals surface area contributed by atoms with Crippen molar-refractivity contribution in [3.05, 3.63) is 76.9 Å². The largest absolute Gasteiger partial charge is 0.496 e. The van der Waals surface area contributed by atoms with E-state index in [1.54, 1.807) is 24.1 Å². The van der Waals surface area contributed by atoms with Crippen molar-refractivity contribution in [2.45, 2.75) is 57.4 Å². The van der Waals surface area contributed by atoms with Crippen LogP contribution in [0.2, 0.25) is 0 Å². The Kier molecular flexibility index (Phi) is 10.9. The molecule has 0 spiro atoms. The highest BCUT2D eigenvalue weighted by Crippen LogP contribution is 2.39. The number of hydrogen-bond acceptors (Lipinski definition) is 10. The Hall–Kier alpha value is -5.49. The minimum atomic E-state index is -4.58. The first-order valence-electron chi connectivity index (χ1n) is 20.2. The number of carbonyl (C=O) groups is 3. The standard InChI is InChI=1S/C43H49F3N8O4/c1-28-25-52(19-20-53(28)34-4-3-30(24-47)36(22-34)43(44,45)46)33-7-5-32(6-8-33)50-13-11-29(12-14-50)26-49-15-17-51(18-16-49)35-21-31-27-54(37-9-10-39(55)48-41(37)56)42(57)40(31)38(23-35)58-2/h3-8,21-23,28-29,37H,9-20,25-27H2,1-2H3,(H,48,55,56)/t28-,37?/m1/s1. The Morgan fingerprint density at radius 3 is 2.09 bits per heavy atom. The third-order valence-corrected chi connectivity index (χ3v) is 12.6. The maximum Gasteiger partial charge on any atom is 0.417 e. The Morgan fingerprint density at radius 2 is 1.45 bits per heavy atom. The molecule has 3 amide bonds. The summed E-state index contributed by atoms with van der Waals surface area (Å²) < 4.78 is 46.5. The second kappa shape index (κ2) is 16.0. The van der Waals surface area contributed by atoms with Crippen molar-refractivity contribution in [2.75, 3.05) is 92.2 Å². The summed E-state index contributed by atoms with van der Waals surface area (Å²) in [4.78, 5) is 50.9. The number of nitriles is 1. The van der Waals surface area contributed by atoms with Gasteiger partial charge in [-0.1, -0.05) is 0 Å². The fourth-order valence-electron chi connectivity index (χ4n) is 9.42. The first-order valence-corrected chi connectivity index (χ1v) is 20.2. The molecule has 5 heterocycles. The van der Waals surface area contributed by atoms with Crippen LogP contribution in [0, 0.1) is 17.2 Å². The van der Waals surface area contributed by atoms with Crippen molar-refractivity contribution in [2.24, 2.45) is 5.92 Å². The molecule has 5 aliphatic rings. The number of rotatable bonds is 8. The lowest BCUT2D eigenvalue weighted by atomic mass is 9.95. The number of imide groups is 1. The van der Waals surface area contributed by atoms with Gasteiger partial charge >= 0.3 is 6.18 Å². The molecule has 5 aliphatic heterocycles. The highest BCUT2D eigenvalue weighted by Gasteiger charge is 2.41. The highest BCUT2D eigenvalue weighted by atomic mass is 19.4.